The SMILES string of the molecule is CCC(C)C(c1ccccc1)C(O)c1cc(F)ccc1Cl. The fourth-order valence-corrected chi connectivity index (χ4v) is 2.92. The Morgan fingerprint density at radius 3 is 2.43 bits per heavy atom. The second kappa shape index (κ2) is 7.06. The quantitative estimate of drug-likeness (QED) is 0.790. The number of aliphatic hydroxyl groups excluding tert-OH is 1. The summed E-state index contributed by atoms with van der Waals surface area (Å²) in [5, 5.41) is 11.2. The molecule has 3 atom stereocenters. The lowest BCUT2D eigenvalue weighted by Gasteiger charge is -2.29. The number of halogens is 2. The Morgan fingerprint density at radius 2 is 1.81 bits per heavy atom. The first-order valence-electron chi connectivity index (χ1n) is 7.22. The van der Waals surface area contributed by atoms with E-state index >= 15 is 0 Å². The monoisotopic (exact) mass is 306 g/mol. The van der Waals surface area contributed by atoms with Gasteiger partial charge < -0.3 is 5.11 Å². The first-order valence-corrected chi connectivity index (χ1v) is 7.60. The molecule has 0 aliphatic rings. The van der Waals surface area contributed by atoms with E-state index in [-0.39, 0.29) is 17.7 Å². The second-order valence-corrected chi connectivity index (χ2v) is 5.84. The zero-order valence-corrected chi connectivity index (χ0v) is 13.0. The summed E-state index contributed by atoms with van der Waals surface area (Å²) in [5.41, 5.74) is 1.49. The largest absolute Gasteiger partial charge is 0.388 e. The van der Waals surface area contributed by atoms with Gasteiger partial charge in [0.15, 0.2) is 0 Å². The van der Waals surface area contributed by atoms with Crippen molar-refractivity contribution in [1.82, 2.24) is 0 Å². The summed E-state index contributed by atoms with van der Waals surface area (Å²) in [6, 6.07) is 14.0. The summed E-state index contributed by atoms with van der Waals surface area (Å²) < 4.78 is 13.5. The third-order valence-corrected chi connectivity index (χ3v) is 4.40. The number of rotatable bonds is 5. The maximum atomic E-state index is 13.5. The van der Waals surface area contributed by atoms with Gasteiger partial charge in [-0.1, -0.05) is 62.2 Å². The molecule has 2 aromatic carbocycles. The molecule has 0 saturated carbocycles. The van der Waals surface area contributed by atoms with Gasteiger partial charge in [-0.3, -0.25) is 0 Å². The molecule has 0 aliphatic heterocycles. The van der Waals surface area contributed by atoms with E-state index in [2.05, 4.69) is 13.8 Å². The Bertz CT molecular complexity index is 585. The van der Waals surface area contributed by atoms with Crippen LogP contribution in [0.5, 0.6) is 0 Å². The first kappa shape index (κ1) is 16.0. The van der Waals surface area contributed by atoms with E-state index in [1.807, 2.05) is 30.3 Å². The van der Waals surface area contributed by atoms with E-state index in [0.29, 0.717) is 10.6 Å². The average Bonchev–Trinajstić information content (AvgIpc) is 2.50. The van der Waals surface area contributed by atoms with E-state index in [4.69, 9.17) is 11.6 Å². The second-order valence-electron chi connectivity index (χ2n) is 5.43. The van der Waals surface area contributed by atoms with Crippen molar-refractivity contribution < 1.29 is 9.50 Å². The van der Waals surface area contributed by atoms with Crippen molar-refractivity contribution in [2.75, 3.05) is 0 Å². The number of aliphatic hydroxyl groups is 1. The zero-order chi connectivity index (χ0) is 15.4. The highest BCUT2D eigenvalue weighted by Gasteiger charge is 2.28. The highest BCUT2D eigenvalue weighted by atomic mass is 35.5. The molecular weight excluding hydrogens is 287 g/mol. The molecule has 0 radical (unpaired) electrons. The van der Waals surface area contributed by atoms with E-state index < -0.39 is 6.10 Å². The molecule has 3 unspecified atom stereocenters. The van der Waals surface area contributed by atoms with Gasteiger partial charge in [-0.2, -0.15) is 0 Å². The highest BCUT2D eigenvalue weighted by molar-refractivity contribution is 6.31. The summed E-state index contributed by atoms with van der Waals surface area (Å²) in [5.74, 6) is -0.248. The van der Waals surface area contributed by atoms with E-state index in [1.54, 1.807) is 0 Å². The van der Waals surface area contributed by atoms with Crippen molar-refractivity contribution in [1.29, 1.82) is 0 Å². The molecule has 0 fully saturated rings. The standard InChI is InChI=1S/C18H20ClFO/c1-3-12(2)17(13-7-5-4-6-8-13)18(21)15-11-14(20)9-10-16(15)19/h4-12,17-18,21H,3H2,1-2H3. The van der Waals surface area contributed by atoms with Crippen LogP contribution in [0.1, 0.15) is 43.4 Å². The minimum absolute atomic E-state index is 0.115. The molecule has 0 amide bonds. The predicted molar refractivity (Wildman–Crippen MR) is 85.0 cm³/mol. The Labute approximate surface area is 130 Å². The molecule has 2 aromatic rings. The van der Waals surface area contributed by atoms with Crippen molar-refractivity contribution in [3.05, 3.63) is 70.5 Å². The number of benzene rings is 2. The summed E-state index contributed by atoms with van der Waals surface area (Å²) in [4.78, 5) is 0. The summed E-state index contributed by atoms with van der Waals surface area (Å²) in [6.45, 7) is 4.18. The fraction of sp³-hybridized carbons (Fsp3) is 0.333. The van der Waals surface area contributed by atoms with Crippen molar-refractivity contribution in [2.24, 2.45) is 5.92 Å². The van der Waals surface area contributed by atoms with Crippen LogP contribution in [-0.4, -0.2) is 5.11 Å². The van der Waals surface area contributed by atoms with Crippen molar-refractivity contribution >= 4 is 11.6 Å². The Morgan fingerprint density at radius 1 is 1.14 bits per heavy atom. The van der Waals surface area contributed by atoms with Gasteiger partial charge in [-0.25, -0.2) is 4.39 Å². The van der Waals surface area contributed by atoms with Crippen molar-refractivity contribution in [3.63, 3.8) is 0 Å². The van der Waals surface area contributed by atoms with Crippen molar-refractivity contribution in [3.8, 4) is 0 Å². The third-order valence-electron chi connectivity index (χ3n) is 4.06. The van der Waals surface area contributed by atoms with Crippen LogP contribution in [0.25, 0.3) is 0 Å². The smallest absolute Gasteiger partial charge is 0.123 e. The summed E-state index contributed by atoms with van der Waals surface area (Å²) >= 11 is 6.14. The Hall–Kier alpha value is -1.38. The van der Waals surface area contributed by atoms with E-state index in [1.165, 1.54) is 18.2 Å². The zero-order valence-electron chi connectivity index (χ0n) is 12.3. The Balaban J connectivity index is 2.43. The topological polar surface area (TPSA) is 20.2 Å². The van der Waals surface area contributed by atoms with Gasteiger partial charge in [0.2, 0.25) is 0 Å². The van der Waals surface area contributed by atoms with Gasteiger partial charge >= 0.3 is 0 Å². The maximum absolute atomic E-state index is 13.5. The van der Waals surface area contributed by atoms with Crippen LogP contribution in [0, 0.1) is 11.7 Å². The fourth-order valence-electron chi connectivity index (χ4n) is 2.69. The summed E-state index contributed by atoms with van der Waals surface area (Å²) in [7, 11) is 0. The molecular formula is C18H20ClFO. The minimum Gasteiger partial charge on any atom is -0.388 e. The van der Waals surface area contributed by atoms with Crippen LogP contribution >= 0.6 is 11.6 Å². The normalized spacial score (nSPS) is 15.5. The number of hydrogen-bond donors (Lipinski definition) is 1. The van der Waals surface area contributed by atoms with Gasteiger partial charge in [-0.05, 0) is 29.7 Å². The molecule has 3 heteroatoms. The van der Waals surface area contributed by atoms with Gasteiger partial charge in [0, 0.05) is 16.5 Å². The van der Waals surface area contributed by atoms with Crippen LogP contribution in [0.15, 0.2) is 48.5 Å². The molecule has 1 nitrogen and oxygen atoms in total. The summed E-state index contributed by atoms with van der Waals surface area (Å²) in [6.07, 6.45) is 0.0920. The van der Waals surface area contributed by atoms with E-state index in [0.717, 1.165) is 12.0 Å². The van der Waals surface area contributed by atoms with Gasteiger partial charge in [-0.15, -0.1) is 0 Å². The maximum Gasteiger partial charge on any atom is 0.123 e. The molecule has 1 N–H and O–H groups in total. The van der Waals surface area contributed by atoms with Gasteiger partial charge in [0.25, 0.3) is 0 Å². The average molecular weight is 307 g/mol. The van der Waals surface area contributed by atoms with Crippen LogP contribution in [0.4, 0.5) is 4.39 Å². The molecule has 0 heterocycles. The predicted octanol–water partition coefficient (Wildman–Crippen LogP) is 5.34. The highest BCUT2D eigenvalue weighted by Crippen LogP contribution is 2.40. The van der Waals surface area contributed by atoms with E-state index in [9.17, 15) is 9.50 Å². The molecule has 0 bridgehead atoms. The Kier molecular flexibility index (Phi) is 5.38. The van der Waals surface area contributed by atoms with Crippen LogP contribution < -0.4 is 0 Å². The molecule has 0 saturated heterocycles. The molecule has 21 heavy (non-hydrogen) atoms. The third kappa shape index (κ3) is 3.63. The van der Waals surface area contributed by atoms with Crippen molar-refractivity contribution in [2.45, 2.75) is 32.3 Å². The lowest BCUT2D eigenvalue weighted by Crippen LogP contribution is -2.18. The molecule has 2 rings (SSSR count). The molecule has 0 aromatic heterocycles. The van der Waals surface area contributed by atoms with Gasteiger partial charge in [0.05, 0.1) is 6.10 Å². The molecule has 0 spiro atoms. The number of hydrogen-bond acceptors (Lipinski definition) is 1. The van der Waals surface area contributed by atoms with Crippen LogP contribution in [0.2, 0.25) is 5.02 Å². The van der Waals surface area contributed by atoms with Crippen LogP contribution in [0.3, 0.4) is 0 Å². The minimum atomic E-state index is -0.828. The molecule has 0 aliphatic carbocycles. The molecule has 112 valence electrons. The van der Waals surface area contributed by atoms with Gasteiger partial charge in [0.1, 0.15) is 5.82 Å². The van der Waals surface area contributed by atoms with Crippen LogP contribution in [-0.2, 0) is 0 Å². The lowest BCUT2D eigenvalue weighted by molar-refractivity contribution is 0.118. The first-order chi connectivity index (χ1) is 10.0. The lowest BCUT2D eigenvalue weighted by atomic mass is 9.79.